The predicted octanol–water partition coefficient (Wildman–Crippen LogP) is 22.1. The summed E-state index contributed by atoms with van der Waals surface area (Å²) in [5, 5.41) is 14.0. The van der Waals surface area contributed by atoms with Crippen molar-refractivity contribution >= 4 is 13.7 Å². The van der Waals surface area contributed by atoms with Crippen LogP contribution in [0.4, 0.5) is 0 Å². The van der Waals surface area contributed by atoms with Crippen LogP contribution in [0.25, 0.3) is 0 Å². The Morgan fingerprint density at radius 2 is 0.679 bits per heavy atom. The number of phosphoric acid groups is 1. The van der Waals surface area contributed by atoms with E-state index in [1.807, 2.05) is 27.2 Å². The number of unbranched alkanes of at least 4 members (excludes halogenated alkanes) is 53. The molecular formula is C69H140N2O6P+. The average Bonchev–Trinajstić information content (AvgIpc) is 3.41. The highest BCUT2D eigenvalue weighted by molar-refractivity contribution is 7.47. The Labute approximate surface area is 488 Å². The van der Waals surface area contributed by atoms with Gasteiger partial charge < -0.3 is 19.8 Å². The van der Waals surface area contributed by atoms with Gasteiger partial charge in [-0.15, -0.1) is 0 Å². The molecule has 0 aliphatic heterocycles. The van der Waals surface area contributed by atoms with Gasteiger partial charge in [0.25, 0.3) is 0 Å². The number of carbonyl (C=O) groups is 1. The third-order valence-electron chi connectivity index (χ3n) is 16.5. The van der Waals surface area contributed by atoms with E-state index in [2.05, 4.69) is 19.2 Å². The quantitative estimate of drug-likeness (QED) is 0.0243. The summed E-state index contributed by atoms with van der Waals surface area (Å²) in [6.07, 6.45) is 77.9. The number of likely N-dealkylation sites (N-methyl/N-ethyl adjacent to an activating group) is 1. The lowest BCUT2D eigenvalue weighted by atomic mass is 10.0. The Hall–Kier alpha value is -0.760. The molecule has 0 rings (SSSR count). The van der Waals surface area contributed by atoms with Crippen molar-refractivity contribution in [3.8, 4) is 0 Å². The van der Waals surface area contributed by atoms with Gasteiger partial charge in [-0.2, -0.15) is 0 Å². The lowest BCUT2D eigenvalue weighted by molar-refractivity contribution is -0.870. The van der Waals surface area contributed by atoms with Crippen molar-refractivity contribution in [3.05, 3.63) is 12.2 Å². The highest BCUT2D eigenvalue weighted by Crippen LogP contribution is 2.43. The lowest BCUT2D eigenvalue weighted by Gasteiger charge is -2.25. The van der Waals surface area contributed by atoms with Crippen LogP contribution in [0.5, 0.6) is 0 Å². The molecule has 3 N–H and O–H groups in total. The third-order valence-corrected chi connectivity index (χ3v) is 17.5. The van der Waals surface area contributed by atoms with E-state index in [1.54, 1.807) is 6.08 Å². The third kappa shape index (κ3) is 62.8. The number of nitrogens with zero attached hydrogens (tertiary/aromatic N) is 1. The molecule has 9 heteroatoms. The molecule has 0 heterocycles. The van der Waals surface area contributed by atoms with Crippen LogP contribution >= 0.6 is 7.82 Å². The molecule has 0 spiro atoms. The predicted molar refractivity (Wildman–Crippen MR) is 342 cm³/mol. The minimum atomic E-state index is -4.35. The van der Waals surface area contributed by atoms with E-state index in [9.17, 15) is 19.4 Å². The number of amides is 1. The minimum absolute atomic E-state index is 0.0655. The van der Waals surface area contributed by atoms with Gasteiger partial charge in [-0.1, -0.05) is 360 Å². The Morgan fingerprint density at radius 3 is 0.949 bits per heavy atom. The van der Waals surface area contributed by atoms with Crippen molar-refractivity contribution in [1.82, 2.24) is 5.32 Å². The molecule has 0 saturated heterocycles. The summed E-state index contributed by atoms with van der Waals surface area (Å²) >= 11 is 0. The molecule has 3 atom stereocenters. The maximum atomic E-state index is 13.0. The molecule has 0 aromatic heterocycles. The molecule has 0 aromatic carbocycles. The van der Waals surface area contributed by atoms with Crippen LogP contribution in [0.15, 0.2) is 12.2 Å². The van der Waals surface area contributed by atoms with Crippen LogP contribution in [0.3, 0.4) is 0 Å². The second kappa shape index (κ2) is 60.8. The monoisotopic (exact) mass is 1120 g/mol. The Kier molecular flexibility index (Phi) is 60.2. The number of phosphoric ester groups is 1. The molecule has 0 aliphatic carbocycles. The molecule has 8 nitrogen and oxygen atoms in total. The van der Waals surface area contributed by atoms with Crippen LogP contribution < -0.4 is 5.32 Å². The van der Waals surface area contributed by atoms with Gasteiger partial charge in [0.15, 0.2) is 0 Å². The molecule has 3 unspecified atom stereocenters. The molecule has 1 amide bonds. The number of hydrogen-bond acceptors (Lipinski definition) is 5. The normalized spacial score (nSPS) is 13.7. The summed E-state index contributed by atoms with van der Waals surface area (Å²) in [5.41, 5.74) is 0. The van der Waals surface area contributed by atoms with Crippen molar-refractivity contribution in [2.75, 3.05) is 40.9 Å². The van der Waals surface area contributed by atoms with Gasteiger partial charge in [-0.05, 0) is 19.3 Å². The summed E-state index contributed by atoms with van der Waals surface area (Å²) in [6.45, 7) is 4.89. The Morgan fingerprint density at radius 1 is 0.423 bits per heavy atom. The largest absolute Gasteiger partial charge is 0.472 e. The van der Waals surface area contributed by atoms with Crippen molar-refractivity contribution < 1.29 is 32.9 Å². The van der Waals surface area contributed by atoms with Crippen molar-refractivity contribution in [3.63, 3.8) is 0 Å². The van der Waals surface area contributed by atoms with Crippen molar-refractivity contribution in [2.24, 2.45) is 0 Å². The van der Waals surface area contributed by atoms with Crippen LogP contribution in [0, 0.1) is 0 Å². The van der Waals surface area contributed by atoms with Crippen LogP contribution in [-0.4, -0.2) is 73.4 Å². The zero-order valence-electron chi connectivity index (χ0n) is 53.5. The summed E-state index contributed by atoms with van der Waals surface area (Å²) in [5.74, 6) is -0.167. The van der Waals surface area contributed by atoms with Crippen molar-refractivity contribution in [2.45, 2.75) is 386 Å². The summed E-state index contributed by atoms with van der Waals surface area (Å²) in [7, 11) is 1.60. The van der Waals surface area contributed by atoms with Crippen LogP contribution in [0.2, 0.25) is 0 Å². The number of aliphatic hydroxyl groups is 1. The van der Waals surface area contributed by atoms with Gasteiger partial charge in [0.1, 0.15) is 13.2 Å². The van der Waals surface area contributed by atoms with Crippen LogP contribution in [0.1, 0.15) is 373 Å². The van der Waals surface area contributed by atoms with E-state index in [1.165, 1.54) is 321 Å². The maximum Gasteiger partial charge on any atom is 0.472 e. The number of quaternary nitrogens is 1. The lowest BCUT2D eigenvalue weighted by Crippen LogP contribution is -2.45. The molecule has 0 aliphatic rings. The average molecular weight is 1120 g/mol. The van der Waals surface area contributed by atoms with Gasteiger partial charge >= 0.3 is 7.82 Å². The topological polar surface area (TPSA) is 105 Å². The molecular weight excluding hydrogens is 984 g/mol. The van der Waals surface area contributed by atoms with Gasteiger partial charge in [0.05, 0.1) is 39.9 Å². The summed E-state index contributed by atoms with van der Waals surface area (Å²) in [6, 6.07) is -0.844. The molecule has 466 valence electrons. The molecule has 0 bridgehead atoms. The number of allylic oxidation sites excluding steroid dienone is 1. The van der Waals surface area contributed by atoms with E-state index in [4.69, 9.17) is 9.05 Å². The maximum absolute atomic E-state index is 13.0. The smallest absolute Gasteiger partial charge is 0.387 e. The molecule has 0 aromatic rings. The Balaban J connectivity index is 4.03. The van der Waals surface area contributed by atoms with E-state index in [0.29, 0.717) is 17.4 Å². The van der Waals surface area contributed by atoms with E-state index < -0.39 is 20.0 Å². The van der Waals surface area contributed by atoms with Crippen LogP contribution in [-0.2, 0) is 18.4 Å². The molecule has 0 fully saturated rings. The first-order valence-electron chi connectivity index (χ1n) is 35.1. The number of nitrogens with one attached hydrogen (secondary N) is 1. The summed E-state index contributed by atoms with van der Waals surface area (Å²) in [4.78, 5) is 23.4. The van der Waals surface area contributed by atoms with Gasteiger partial charge in [0, 0.05) is 6.42 Å². The second-order valence-corrected chi connectivity index (χ2v) is 27.1. The zero-order valence-corrected chi connectivity index (χ0v) is 54.3. The first kappa shape index (κ1) is 77.2. The molecule has 0 saturated carbocycles. The highest BCUT2D eigenvalue weighted by atomic mass is 31.2. The van der Waals surface area contributed by atoms with E-state index in [-0.39, 0.29) is 19.1 Å². The number of hydrogen-bond donors (Lipinski definition) is 3. The Bertz CT molecular complexity index is 1280. The first-order chi connectivity index (χ1) is 38.0. The fraction of sp³-hybridized carbons (Fsp3) is 0.957. The fourth-order valence-electron chi connectivity index (χ4n) is 11.0. The standard InChI is InChI=1S/C69H139N2O6P/c1-6-8-10-12-14-16-18-20-22-24-26-28-30-32-34-35-37-39-41-43-45-47-49-51-53-55-57-59-61-63-69(73)70-67(66-77-78(74,75)76-65-64-71(3,4)5)68(72)62-60-58-56-54-52-50-48-46-44-42-40-38-36-33-31-29-27-25-23-21-19-17-15-13-11-9-7-2/h60,62,67-68,72H,6-59,61,63-66H2,1-5H3,(H-,70,73,74,75)/p+1/b62-60+. The second-order valence-electron chi connectivity index (χ2n) is 25.6. The van der Waals surface area contributed by atoms with E-state index >= 15 is 0 Å². The molecule has 0 radical (unpaired) electrons. The van der Waals surface area contributed by atoms with Gasteiger partial charge in [-0.3, -0.25) is 13.8 Å². The van der Waals surface area contributed by atoms with Gasteiger partial charge in [-0.25, -0.2) is 4.57 Å². The van der Waals surface area contributed by atoms with Crippen molar-refractivity contribution in [1.29, 1.82) is 0 Å². The van der Waals surface area contributed by atoms with Gasteiger partial charge in [0.2, 0.25) is 5.91 Å². The summed E-state index contributed by atoms with van der Waals surface area (Å²) < 4.78 is 23.8. The molecule has 78 heavy (non-hydrogen) atoms. The number of carbonyl (C=O) groups excluding carboxylic acids is 1. The number of aliphatic hydroxyl groups excluding tert-OH is 1. The zero-order chi connectivity index (χ0) is 57.0. The highest BCUT2D eigenvalue weighted by Gasteiger charge is 2.28. The minimum Gasteiger partial charge on any atom is -0.387 e. The number of rotatable bonds is 66. The SMILES string of the molecule is CCCCCCCCCCCCCCCCCCCCCCCCCCC/C=C/C(O)C(COP(=O)(O)OCC[N+](C)(C)C)NC(=O)CCCCCCCCCCCCCCCCCCCCCCCCCCCCCCC. The van der Waals surface area contributed by atoms with E-state index in [0.717, 1.165) is 32.1 Å². The fourth-order valence-corrected chi connectivity index (χ4v) is 11.8. The first-order valence-corrected chi connectivity index (χ1v) is 36.6.